The third-order valence-corrected chi connectivity index (χ3v) is 2.11. The lowest BCUT2D eigenvalue weighted by Crippen LogP contribution is -2.00. The number of para-hydroxylation sites is 1. The fraction of sp³-hybridized carbons (Fsp3) is 0.222. The minimum Gasteiger partial charge on any atom is -0.397 e. The molecule has 0 saturated carbocycles. The van der Waals surface area contributed by atoms with E-state index in [0.29, 0.717) is 10.7 Å². The Morgan fingerprint density at radius 1 is 1.58 bits per heavy atom. The van der Waals surface area contributed by atoms with Crippen molar-refractivity contribution in [1.29, 1.82) is 0 Å². The third kappa shape index (κ3) is 1.59. The molecule has 0 heterocycles. The number of anilines is 1. The van der Waals surface area contributed by atoms with E-state index in [-0.39, 0.29) is 5.92 Å². The average molecular weight is 184 g/mol. The Balaban J connectivity index is 3.15. The molecule has 0 aliphatic heterocycles. The molecule has 12 heavy (non-hydrogen) atoms. The highest BCUT2D eigenvalue weighted by molar-refractivity contribution is 6.33. The van der Waals surface area contributed by atoms with E-state index < -0.39 is 0 Å². The number of hydrogen-bond acceptors (Lipinski definition) is 2. The van der Waals surface area contributed by atoms with E-state index in [1.165, 1.54) is 0 Å². The van der Waals surface area contributed by atoms with Gasteiger partial charge in [-0.05, 0) is 11.6 Å². The summed E-state index contributed by atoms with van der Waals surface area (Å²) in [5, 5.41) is 0.501. The first-order valence-corrected chi connectivity index (χ1v) is 4.03. The molecule has 0 aromatic heterocycles. The summed E-state index contributed by atoms with van der Waals surface area (Å²) in [7, 11) is 0. The van der Waals surface area contributed by atoms with Crippen LogP contribution in [0.15, 0.2) is 18.2 Å². The van der Waals surface area contributed by atoms with Crippen LogP contribution in [0, 0.1) is 0 Å². The Labute approximate surface area is 76.3 Å². The Kier molecular flexibility index (Phi) is 2.71. The number of halogens is 1. The lowest BCUT2D eigenvalue weighted by atomic mass is 10.0. The molecule has 2 nitrogen and oxygen atoms in total. The zero-order chi connectivity index (χ0) is 9.14. The van der Waals surface area contributed by atoms with Gasteiger partial charge in [-0.2, -0.15) is 0 Å². The number of nitrogens with two attached hydrogens (primary N) is 1. The normalized spacial score (nSPS) is 12.5. The number of benzene rings is 1. The van der Waals surface area contributed by atoms with Crippen molar-refractivity contribution < 1.29 is 4.79 Å². The summed E-state index contributed by atoms with van der Waals surface area (Å²) in [5.41, 5.74) is 6.96. The van der Waals surface area contributed by atoms with Gasteiger partial charge in [-0.15, -0.1) is 0 Å². The van der Waals surface area contributed by atoms with Crippen LogP contribution in [0.5, 0.6) is 0 Å². The maximum atomic E-state index is 10.5. The Bertz CT molecular complexity index is 299. The van der Waals surface area contributed by atoms with Crippen molar-refractivity contribution in [1.82, 2.24) is 0 Å². The topological polar surface area (TPSA) is 43.1 Å². The molecular formula is C9H10ClNO. The summed E-state index contributed by atoms with van der Waals surface area (Å²) in [4.78, 5) is 10.5. The highest BCUT2D eigenvalue weighted by Crippen LogP contribution is 2.27. The first-order valence-electron chi connectivity index (χ1n) is 3.66. The van der Waals surface area contributed by atoms with Gasteiger partial charge in [0.15, 0.2) is 0 Å². The first kappa shape index (κ1) is 9.07. The molecule has 1 aromatic carbocycles. The lowest BCUT2D eigenvalue weighted by Gasteiger charge is -2.08. The van der Waals surface area contributed by atoms with Crippen LogP contribution in [-0.4, -0.2) is 6.29 Å². The largest absolute Gasteiger partial charge is 0.397 e. The number of rotatable bonds is 2. The Morgan fingerprint density at radius 3 is 2.83 bits per heavy atom. The molecule has 3 heteroatoms. The zero-order valence-corrected chi connectivity index (χ0v) is 7.51. The SMILES string of the molecule is CC(C=O)c1cccc(Cl)c1N. The highest BCUT2D eigenvalue weighted by Gasteiger charge is 2.08. The fourth-order valence-electron chi connectivity index (χ4n) is 1.02. The molecule has 1 atom stereocenters. The van der Waals surface area contributed by atoms with Crippen LogP contribution in [-0.2, 0) is 4.79 Å². The van der Waals surface area contributed by atoms with Crippen LogP contribution in [0.2, 0.25) is 5.02 Å². The minimum atomic E-state index is -0.191. The molecule has 1 aromatic rings. The highest BCUT2D eigenvalue weighted by atomic mass is 35.5. The van der Waals surface area contributed by atoms with Crippen LogP contribution in [0.3, 0.4) is 0 Å². The second kappa shape index (κ2) is 3.59. The van der Waals surface area contributed by atoms with Gasteiger partial charge in [0.25, 0.3) is 0 Å². The van der Waals surface area contributed by atoms with Gasteiger partial charge in [-0.3, -0.25) is 0 Å². The second-order valence-electron chi connectivity index (χ2n) is 2.67. The zero-order valence-electron chi connectivity index (χ0n) is 6.75. The number of carbonyl (C=O) groups is 1. The smallest absolute Gasteiger partial charge is 0.127 e. The van der Waals surface area contributed by atoms with Crippen LogP contribution in [0.4, 0.5) is 5.69 Å². The predicted octanol–water partition coefficient (Wildman–Crippen LogP) is 2.22. The third-order valence-electron chi connectivity index (χ3n) is 1.78. The van der Waals surface area contributed by atoms with E-state index in [0.717, 1.165) is 11.8 Å². The molecule has 0 radical (unpaired) electrons. The quantitative estimate of drug-likeness (QED) is 0.565. The molecule has 0 saturated heterocycles. The van der Waals surface area contributed by atoms with Crippen molar-refractivity contribution in [3.05, 3.63) is 28.8 Å². The molecule has 0 amide bonds. The van der Waals surface area contributed by atoms with E-state index in [9.17, 15) is 4.79 Å². The van der Waals surface area contributed by atoms with E-state index in [2.05, 4.69) is 0 Å². The van der Waals surface area contributed by atoms with Gasteiger partial charge >= 0.3 is 0 Å². The number of aldehydes is 1. The molecule has 64 valence electrons. The van der Waals surface area contributed by atoms with E-state index in [4.69, 9.17) is 17.3 Å². The van der Waals surface area contributed by atoms with E-state index >= 15 is 0 Å². The number of hydrogen-bond donors (Lipinski definition) is 1. The monoisotopic (exact) mass is 183 g/mol. The lowest BCUT2D eigenvalue weighted by molar-refractivity contribution is -0.108. The van der Waals surface area contributed by atoms with Crippen LogP contribution >= 0.6 is 11.6 Å². The summed E-state index contributed by atoms with van der Waals surface area (Å²) in [6.07, 6.45) is 0.849. The average Bonchev–Trinajstić information content (AvgIpc) is 2.08. The second-order valence-corrected chi connectivity index (χ2v) is 3.07. The molecule has 1 unspecified atom stereocenters. The van der Waals surface area contributed by atoms with Crippen molar-refractivity contribution in [3.63, 3.8) is 0 Å². The van der Waals surface area contributed by atoms with Crippen LogP contribution in [0.1, 0.15) is 18.4 Å². The maximum absolute atomic E-state index is 10.5. The van der Waals surface area contributed by atoms with Crippen molar-refractivity contribution in [2.75, 3.05) is 5.73 Å². The van der Waals surface area contributed by atoms with E-state index in [1.807, 2.05) is 0 Å². The van der Waals surface area contributed by atoms with Gasteiger partial charge in [0.2, 0.25) is 0 Å². The maximum Gasteiger partial charge on any atom is 0.127 e. The van der Waals surface area contributed by atoms with E-state index in [1.54, 1.807) is 25.1 Å². The first-order chi connectivity index (χ1) is 5.66. The molecule has 0 aliphatic carbocycles. The summed E-state index contributed by atoms with van der Waals surface area (Å²) >= 11 is 5.77. The summed E-state index contributed by atoms with van der Waals surface area (Å²) < 4.78 is 0. The van der Waals surface area contributed by atoms with Crippen LogP contribution < -0.4 is 5.73 Å². The molecule has 0 spiro atoms. The van der Waals surface area contributed by atoms with Crippen molar-refractivity contribution in [2.45, 2.75) is 12.8 Å². The minimum absolute atomic E-state index is 0.191. The van der Waals surface area contributed by atoms with Gasteiger partial charge in [0.1, 0.15) is 6.29 Å². The van der Waals surface area contributed by atoms with Gasteiger partial charge in [0.05, 0.1) is 10.7 Å². The molecular weight excluding hydrogens is 174 g/mol. The number of nitrogen functional groups attached to an aromatic ring is 1. The Morgan fingerprint density at radius 2 is 2.25 bits per heavy atom. The molecule has 2 N–H and O–H groups in total. The molecule has 1 rings (SSSR count). The van der Waals surface area contributed by atoms with Crippen molar-refractivity contribution in [2.24, 2.45) is 0 Å². The van der Waals surface area contributed by atoms with Gasteiger partial charge in [0, 0.05) is 5.92 Å². The fourth-order valence-corrected chi connectivity index (χ4v) is 1.21. The number of carbonyl (C=O) groups excluding carboxylic acids is 1. The van der Waals surface area contributed by atoms with Crippen molar-refractivity contribution in [3.8, 4) is 0 Å². The predicted molar refractivity (Wildman–Crippen MR) is 50.3 cm³/mol. The van der Waals surface area contributed by atoms with Gasteiger partial charge < -0.3 is 10.5 Å². The van der Waals surface area contributed by atoms with Crippen molar-refractivity contribution >= 4 is 23.6 Å². The summed E-state index contributed by atoms with van der Waals surface area (Å²) in [6, 6.07) is 5.30. The molecule has 0 bridgehead atoms. The Hall–Kier alpha value is -1.02. The summed E-state index contributed by atoms with van der Waals surface area (Å²) in [6.45, 7) is 1.79. The van der Waals surface area contributed by atoms with Gasteiger partial charge in [-0.1, -0.05) is 30.7 Å². The standard InChI is InChI=1S/C9H10ClNO/c1-6(5-12)7-3-2-4-8(10)9(7)11/h2-6H,11H2,1H3. The van der Waals surface area contributed by atoms with Crippen LogP contribution in [0.25, 0.3) is 0 Å². The summed E-state index contributed by atoms with van der Waals surface area (Å²) in [5.74, 6) is -0.191. The molecule has 0 aliphatic rings. The van der Waals surface area contributed by atoms with Gasteiger partial charge in [-0.25, -0.2) is 0 Å². The molecule has 0 fully saturated rings.